The van der Waals surface area contributed by atoms with Crippen LogP contribution in [0.1, 0.15) is 13.8 Å². The Morgan fingerprint density at radius 2 is 1.58 bits per heavy atom. The van der Waals surface area contributed by atoms with Crippen LogP contribution in [-0.2, 0) is 10.0 Å². The van der Waals surface area contributed by atoms with Crippen molar-refractivity contribution in [2.45, 2.75) is 24.9 Å². The van der Waals surface area contributed by atoms with Gasteiger partial charge in [-0.3, -0.25) is 0 Å². The first-order chi connectivity index (χ1) is 12.4. The molecule has 7 heteroatoms. The third kappa shape index (κ3) is 3.59. The van der Waals surface area contributed by atoms with Gasteiger partial charge in [-0.15, -0.1) is 0 Å². The fourth-order valence-electron chi connectivity index (χ4n) is 3.25. The van der Waals surface area contributed by atoms with Gasteiger partial charge < -0.3 is 10.2 Å². The molecule has 0 spiro atoms. The van der Waals surface area contributed by atoms with Crippen LogP contribution in [0.3, 0.4) is 0 Å². The van der Waals surface area contributed by atoms with E-state index in [2.05, 4.69) is 5.32 Å². The zero-order chi connectivity index (χ0) is 18.7. The van der Waals surface area contributed by atoms with Crippen LogP contribution in [0, 0.1) is 5.92 Å². The van der Waals surface area contributed by atoms with Gasteiger partial charge in [0.05, 0.1) is 4.90 Å². The molecule has 0 saturated carbocycles. The van der Waals surface area contributed by atoms with E-state index in [1.807, 2.05) is 32.0 Å². The number of rotatable bonds is 4. The minimum absolute atomic E-state index is 0.0440. The lowest BCUT2D eigenvalue weighted by atomic mass is 10.1. The molecule has 1 atom stereocenters. The van der Waals surface area contributed by atoms with E-state index >= 15 is 0 Å². The van der Waals surface area contributed by atoms with Crippen LogP contribution in [0.2, 0.25) is 0 Å². The Kier molecular flexibility index (Phi) is 5.29. The lowest BCUT2D eigenvalue weighted by molar-refractivity contribution is 0.159. The molecule has 138 valence electrons. The summed E-state index contributed by atoms with van der Waals surface area (Å²) in [6, 6.07) is 17.2. The van der Waals surface area contributed by atoms with Crippen LogP contribution in [0.15, 0.2) is 65.6 Å². The molecular weight excluding hydrogens is 350 g/mol. The van der Waals surface area contributed by atoms with E-state index in [1.54, 1.807) is 47.4 Å². The molecule has 6 nitrogen and oxygen atoms in total. The lowest BCUT2D eigenvalue weighted by Crippen LogP contribution is -2.48. The summed E-state index contributed by atoms with van der Waals surface area (Å²) in [5.41, 5.74) is 0.685. The van der Waals surface area contributed by atoms with Gasteiger partial charge in [-0.25, -0.2) is 13.2 Å². The van der Waals surface area contributed by atoms with Gasteiger partial charge in [-0.05, 0) is 30.2 Å². The van der Waals surface area contributed by atoms with E-state index in [9.17, 15) is 13.2 Å². The first kappa shape index (κ1) is 18.4. The molecule has 1 aliphatic rings. The zero-order valence-corrected chi connectivity index (χ0v) is 15.7. The second-order valence-corrected chi connectivity index (χ2v) is 8.47. The van der Waals surface area contributed by atoms with Crippen molar-refractivity contribution in [2.24, 2.45) is 5.92 Å². The molecule has 1 fully saturated rings. The minimum atomic E-state index is -3.66. The average molecular weight is 373 g/mol. The van der Waals surface area contributed by atoms with Crippen LogP contribution in [0.4, 0.5) is 10.5 Å². The standard InChI is InChI=1S/C19H23N3O3S/c1-15(2)18-21(19(23)20-16-9-5-3-6-10-16)13-14-22(18)26(24,25)17-11-7-4-8-12-17/h3-12,15,18H,13-14H2,1-2H3,(H,20,23)/t18-/m1/s1. The van der Waals surface area contributed by atoms with E-state index in [-0.39, 0.29) is 23.4 Å². The Morgan fingerprint density at radius 1 is 1.00 bits per heavy atom. The van der Waals surface area contributed by atoms with Gasteiger partial charge >= 0.3 is 6.03 Å². The minimum Gasteiger partial charge on any atom is -0.308 e. The van der Waals surface area contributed by atoms with Crippen molar-refractivity contribution in [3.63, 3.8) is 0 Å². The van der Waals surface area contributed by atoms with Crippen LogP contribution >= 0.6 is 0 Å². The van der Waals surface area contributed by atoms with E-state index in [0.717, 1.165) is 0 Å². The average Bonchev–Trinajstić information content (AvgIpc) is 3.10. The molecule has 1 aliphatic heterocycles. The Bertz CT molecular complexity index is 854. The molecule has 0 bridgehead atoms. The molecule has 1 N–H and O–H groups in total. The largest absolute Gasteiger partial charge is 0.323 e. The summed E-state index contributed by atoms with van der Waals surface area (Å²) in [4.78, 5) is 14.6. The zero-order valence-electron chi connectivity index (χ0n) is 14.9. The van der Waals surface area contributed by atoms with Crippen LogP contribution in [-0.4, -0.2) is 42.9 Å². The highest BCUT2D eigenvalue weighted by Crippen LogP contribution is 2.29. The summed E-state index contributed by atoms with van der Waals surface area (Å²) in [6.45, 7) is 4.48. The predicted molar refractivity (Wildman–Crippen MR) is 101 cm³/mol. The molecule has 2 amide bonds. The summed E-state index contributed by atoms with van der Waals surface area (Å²) in [5.74, 6) is -0.0440. The first-order valence-corrected chi connectivity index (χ1v) is 10.0. The molecule has 26 heavy (non-hydrogen) atoms. The number of para-hydroxylation sites is 1. The second kappa shape index (κ2) is 7.47. The quantitative estimate of drug-likeness (QED) is 0.895. The van der Waals surface area contributed by atoms with E-state index < -0.39 is 16.2 Å². The number of nitrogens with zero attached hydrogens (tertiary/aromatic N) is 2. The first-order valence-electron chi connectivity index (χ1n) is 8.61. The fourth-order valence-corrected chi connectivity index (χ4v) is 4.98. The topological polar surface area (TPSA) is 69.7 Å². The number of nitrogens with one attached hydrogen (secondary N) is 1. The number of sulfonamides is 1. The van der Waals surface area contributed by atoms with Crippen molar-refractivity contribution in [3.05, 3.63) is 60.7 Å². The molecule has 0 aliphatic carbocycles. The summed E-state index contributed by atoms with van der Waals surface area (Å²) >= 11 is 0. The molecule has 3 rings (SSSR count). The fraction of sp³-hybridized carbons (Fsp3) is 0.316. The number of amides is 2. The highest BCUT2D eigenvalue weighted by molar-refractivity contribution is 7.89. The molecule has 0 unspecified atom stereocenters. The number of hydrogen-bond donors (Lipinski definition) is 1. The number of carbonyl (C=O) groups excluding carboxylic acids is 1. The van der Waals surface area contributed by atoms with Gasteiger partial charge in [0.1, 0.15) is 6.17 Å². The monoisotopic (exact) mass is 373 g/mol. The summed E-state index contributed by atoms with van der Waals surface area (Å²) in [7, 11) is -3.66. The van der Waals surface area contributed by atoms with E-state index in [1.165, 1.54) is 4.31 Å². The number of hydrogen-bond acceptors (Lipinski definition) is 3. The number of benzene rings is 2. The molecule has 0 radical (unpaired) electrons. The maximum Gasteiger partial charge on any atom is 0.323 e. The molecule has 2 aromatic rings. The van der Waals surface area contributed by atoms with E-state index in [4.69, 9.17) is 0 Å². The third-order valence-corrected chi connectivity index (χ3v) is 6.29. The molecule has 1 heterocycles. The van der Waals surface area contributed by atoms with Crippen molar-refractivity contribution in [3.8, 4) is 0 Å². The number of urea groups is 1. The Hall–Kier alpha value is -2.38. The smallest absolute Gasteiger partial charge is 0.308 e. The van der Waals surface area contributed by atoms with Crippen LogP contribution in [0.5, 0.6) is 0 Å². The number of carbonyl (C=O) groups is 1. The summed E-state index contributed by atoms with van der Waals surface area (Å²) < 4.78 is 27.5. The molecule has 1 saturated heterocycles. The molecule has 0 aromatic heterocycles. The van der Waals surface area contributed by atoms with Crippen molar-refractivity contribution >= 4 is 21.7 Å². The number of anilines is 1. The van der Waals surface area contributed by atoms with Gasteiger partial charge in [0.2, 0.25) is 10.0 Å². The normalized spacial score (nSPS) is 18.3. The van der Waals surface area contributed by atoms with Gasteiger partial charge in [0.15, 0.2) is 0 Å². The third-order valence-electron chi connectivity index (χ3n) is 4.41. The van der Waals surface area contributed by atoms with Gasteiger partial charge in [0.25, 0.3) is 0 Å². The van der Waals surface area contributed by atoms with Gasteiger partial charge in [-0.1, -0.05) is 50.2 Å². The van der Waals surface area contributed by atoms with Gasteiger partial charge in [0, 0.05) is 18.8 Å². The maximum atomic E-state index is 13.0. The van der Waals surface area contributed by atoms with E-state index in [0.29, 0.717) is 12.2 Å². The summed E-state index contributed by atoms with van der Waals surface area (Å²) in [5, 5.41) is 2.85. The van der Waals surface area contributed by atoms with Crippen LogP contribution < -0.4 is 5.32 Å². The Morgan fingerprint density at radius 3 is 2.15 bits per heavy atom. The van der Waals surface area contributed by atoms with Crippen molar-refractivity contribution in [1.82, 2.24) is 9.21 Å². The Labute approximate surface area is 154 Å². The summed E-state index contributed by atoms with van der Waals surface area (Å²) in [6.07, 6.45) is -0.524. The van der Waals surface area contributed by atoms with Crippen molar-refractivity contribution in [1.29, 1.82) is 0 Å². The predicted octanol–water partition coefficient (Wildman–Crippen LogP) is 3.21. The Balaban J connectivity index is 1.85. The lowest BCUT2D eigenvalue weighted by Gasteiger charge is -2.32. The SMILES string of the molecule is CC(C)[C@@H]1N(C(=O)Nc2ccccc2)CCN1S(=O)(=O)c1ccccc1. The molecule has 2 aromatic carbocycles. The highest BCUT2D eigenvalue weighted by Gasteiger charge is 2.43. The van der Waals surface area contributed by atoms with Crippen molar-refractivity contribution in [2.75, 3.05) is 18.4 Å². The highest BCUT2D eigenvalue weighted by atomic mass is 32.2. The van der Waals surface area contributed by atoms with Crippen molar-refractivity contribution < 1.29 is 13.2 Å². The van der Waals surface area contributed by atoms with Crippen LogP contribution in [0.25, 0.3) is 0 Å². The molecular formula is C19H23N3O3S. The van der Waals surface area contributed by atoms with Gasteiger partial charge in [-0.2, -0.15) is 4.31 Å². The second-order valence-electron chi connectivity index (χ2n) is 6.58. The maximum absolute atomic E-state index is 13.0.